The third-order valence-corrected chi connectivity index (χ3v) is 6.64. The Kier molecular flexibility index (Phi) is 6.53. The monoisotopic (exact) mass is 385 g/mol. The van der Waals surface area contributed by atoms with Gasteiger partial charge in [-0.1, -0.05) is 43.7 Å². The van der Waals surface area contributed by atoms with Gasteiger partial charge in [0.2, 0.25) is 5.91 Å². The average Bonchev–Trinajstić information content (AvgIpc) is 3.26. The fourth-order valence-electron chi connectivity index (χ4n) is 5.08. The van der Waals surface area contributed by atoms with Crippen molar-refractivity contribution in [2.75, 3.05) is 0 Å². The fourth-order valence-corrected chi connectivity index (χ4v) is 5.08. The maximum Gasteiger partial charge on any atom is 0.326 e. The second-order valence-electron chi connectivity index (χ2n) is 8.56. The summed E-state index contributed by atoms with van der Waals surface area (Å²) in [7, 11) is 0. The van der Waals surface area contributed by atoms with Crippen LogP contribution in [-0.2, 0) is 20.8 Å². The Bertz CT molecular complexity index is 717. The molecule has 1 aromatic carbocycles. The van der Waals surface area contributed by atoms with Gasteiger partial charge in [-0.05, 0) is 56.9 Å². The number of carbonyl (C=O) groups is 3. The van der Waals surface area contributed by atoms with E-state index in [0.717, 1.165) is 25.7 Å². The van der Waals surface area contributed by atoms with E-state index in [1.54, 1.807) is 11.8 Å². The molecule has 1 aromatic rings. The normalized spacial score (nSPS) is 25.9. The van der Waals surface area contributed by atoms with Gasteiger partial charge in [0.1, 0.15) is 11.8 Å². The maximum atomic E-state index is 13.2. The third-order valence-electron chi connectivity index (χ3n) is 6.64. The van der Waals surface area contributed by atoms with Crippen molar-refractivity contribution < 1.29 is 19.5 Å². The zero-order valence-corrected chi connectivity index (χ0v) is 16.8. The number of hydrogen-bond acceptors (Lipinski definition) is 3. The second-order valence-corrected chi connectivity index (χ2v) is 8.56. The summed E-state index contributed by atoms with van der Waals surface area (Å²) in [5.41, 5.74) is 1.19. The van der Waals surface area contributed by atoms with E-state index >= 15 is 0 Å². The van der Waals surface area contributed by atoms with Crippen LogP contribution >= 0.6 is 0 Å². The summed E-state index contributed by atoms with van der Waals surface area (Å²) in [6, 6.07) is 9.41. The Labute approximate surface area is 167 Å². The molecule has 0 bridgehead atoms. The molecule has 1 aliphatic heterocycles. The molecule has 1 heterocycles. The van der Waals surface area contributed by atoms with E-state index in [4.69, 9.17) is 0 Å². The number of aryl methyl sites for hydroxylation is 1. The van der Waals surface area contributed by atoms with E-state index in [0.29, 0.717) is 25.2 Å². The van der Waals surface area contributed by atoms with Crippen molar-refractivity contribution in [3.63, 3.8) is 0 Å². The van der Waals surface area contributed by atoms with Gasteiger partial charge in [0, 0.05) is 17.9 Å². The zero-order chi connectivity index (χ0) is 20.3. The molecule has 0 spiro atoms. The smallest absolute Gasteiger partial charge is 0.326 e. The Morgan fingerprint density at radius 1 is 1.18 bits per heavy atom. The Morgan fingerprint density at radius 3 is 2.54 bits per heavy atom. The fraction of sp³-hybridized carbons (Fsp3) is 0.609. The molecule has 1 saturated heterocycles. The number of Topliss-reactive ketones (excluding diaryl/α,β-unsaturated/α-hetero) is 1. The van der Waals surface area contributed by atoms with Gasteiger partial charge >= 0.3 is 5.97 Å². The van der Waals surface area contributed by atoms with Gasteiger partial charge in [-0.15, -0.1) is 0 Å². The van der Waals surface area contributed by atoms with Gasteiger partial charge in [-0.2, -0.15) is 0 Å². The van der Waals surface area contributed by atoms with Gasteiger partial charge in [-0.3, -0.25) is 9.59 Å². The summed E-state index contributed by atoms with van der Waals surface area (Å²) in [5, 5.41) is 9.60. The van der Waals surface area contributed by atoms with Crippen LogP contribution in [-0.4, -0.2) is 39.7 Å². The Balaban J connectivity index is 1.65. The van der Waals surface area contributed by atoms with Crippen LogP contribution in [0.3, 0.4) is 0 Å². The molecule has 3 rings (SSSR count). The molecule has 2 fully saturated rings. The maximum absolute atomic E-state index is 13.2. The lowest BCUT2D eigenvalue weighted by molar-refractivity contribution is -0.151. The first-order chi connectivity index (χ1) is 13.4. The molecule has 1 N–H and O–H groups in total. The number of nitrogens with zero attached hydrogens (tertiary/aromatic N) is 1. The third kappa shape index (κ3) is 4.45. The quantitative estimate of drug-likeness (QED) is 0.740. The van der Waals surface area contributed by atoms with Crippen molar-refractivity contribution in [3.8, 4) is 0 Å². The number of amides is 1. The lowest BCUT2D eigenvalue weighted by atomic mass is 9.87. The predicted molar refractivity (Wildman–Crippen MR) is 107 cm³/mol. The van der Waals surface area contributed by atoms with Crippen molar-refractivity contribution in [2.24, 2.45) is 17.8 Å². The van der Waals surface area contributed by atoms with E-state index in [-0.39, 0.29) is 29.6 Å². The standard InChI is InChI=1S/C23H31NO4/c1-15(13-18(16(2)25)12-11-17-7-4-3-5-8-17)22(26)24-20-10-6-9-19(20)14-21(24)23(27)28/h3-5,7-8,15,18-21H,6,9-14H2,1-2H3,(H,27,28)/t15-,18-,19+,20+,21+/m1/s1. The number of ketones is 1. The van der Waals surface area contributed by atoms with Crippen molar-refractivity contribution >= 4 is 17.7 Å². The number of fused-ring (bicyclic) bond motifs is 1. The Hall–Kier alpha value is -2.17. The lowest BCUT2D eigenvalue weighted by Crippen LogP contribution is -2.47. The van der Waals surface area contributed by atoms with Crippen LogP contribution in [0.5, 0.6) is 0 Å². The van der Waals surface area contributed by atoms with Crippen LogP contribution in [0.25, 0.3) is 0 Å². The SMILES string of the molecule is CC(=O)[C@H](CCc1ccccc1)C[C@@H](C)C(=O)N1[C@H](C(=O)O)C[C@@H]2CCC[C@@H]21. The molecule has 1 amide bonds. The topological polar surface area (TPSA) is 74.7 Å². The van der Waals surface area contributed by atoms with E-state index < -0.39 is 12.0 Å². The molecular formula is C23H31NO4. The van der Waals surface area contributed by atoms with E-state index in [1.807, 2.05) is 37.3 Å². The molecule has 1 saturated carbocycles. The van der Waals surface area contributed by atoms with Gasteiger partial charge in [0.25, 0.3) is 0 Å². The molecule has 5 nitrogen and oxygen atoms in total. The van der Waals surface area contributed by atoms with Crippen LogP contribution in [0.2, 0.25) is 0 Å². The van der Waals surface area contributed by atoms with Crippen LogP contribution in [0, 0.1) is 17.8 Å². The Morgan fingerprint density at radius 2 is 1.89 bits per heavy atom. The summed E-state index contributed by atoms with van der Waals surface area (Å²) in [6.45, 7) is 3.44. The van der Waals surface area contributed by atoms with Crippen molar-refractivity contribution in [1.82, 2.24) is 4.90 Å². The second kappa shape index (κ2) is 8.89. The molecule has 5 heteroatoms. The van der Waals surface area contributed by atoms with Gasteiger partial charge in [-0.25, -0.2) is 4.79 Å². The lowest BCUT2D eigenvalue weighted by Gasteiger charge is -2.31. The van der Waals surface area contributed by atoms with Gasteiger partial charge in [0.15, 0.2) is 0 Å². The first kappa shape index (κ1) is 20.6. The van der Waals surface area contributed by atoms with Crippen molar-refractivity contribution in [3.05, 3.63) is 35.9 Å². The minimum absolute atomic E-state index is 0.0659. The number of carbonyl (C=O) groups excluding carboxylic acids is 2. The van der Waals surface area contributed by atoms with Crippen LogP contribution in [0.15, 0.2) is 30.3 Å². The van der Waals surface area contributed by atoms with Crippen LogP contribution in [0.4, 0.5) is 0 Å². The molecular weight excluding hydrogens is 354 g/mol. The molecule has 28 heavy (non-hydrogen) atoms. The predicted octanol–water partition coefficient (Wildman–Crippen LogP) is 3.70. The number of likely N-dealkylation sites (tertiary alicyclic amines) is 1. The summed E-state index contributed by atoms with van der Waals surface area (Å²) in [4.78, 5) is 38.7. The van der Waals surface area contributed by atoms with E-state index in [9.17, 15) is 19.5 Å². The van der Waals surface area contributed by atoms with E-state index in [2.05, 4.69) is 0 Å². The average molecular weight is 386 g/mol. The number of carboxylic acids is 1. The van der Waals surface area contributed by atoms with Gasteiger partial charge < -0.3 is 10.0 Å². The highest BCUT2D eigenvalue weighted by atomic mass is 16.4. The van der Waals surface area contributed by atoms with Crippen molar-refractivity contribution in [2.45, 2.75) is 70.9 Å². The summed E-state index contributed by atoms with van der Waals surface area (Å²) in [5.74, 6) is -1.09. The van der Waals surface area contributed by atoms with Crippen molar-refractivity contribution in [1.29, 1.82) is 0 Å². The van der Waals surface area contributed by atoms with Crippen LogP contribution < -0.4 is 0 Å². The molecule has 2 aliphatic rings. The minimum atomic E-state index is -0.901. The summed E-state index contributed by atoms with van der Waals surface area (Å²) in [6.07, 6.45) is 5.55. The number of hydrogen-bond donors (Lipinski definition) is 1. The first-order valence-electron chi connectivity index (χ1n) is 10.5. The highest BCUT2D eigenvalue weighted by Gasteiger charge is 2.49. The number of aliphatic carboxylic acids is 1. The zero-order valence-electron chi connectivity index (χ0n) is 16.8. The number of benzene rings is 1. The molecule has 5 atom stereocenters. The highest BCUT2D eigenvalue weighted by molar-refractivity contribution is 5.87. The largest absolute Gasteiger partial charge is 0.480 e. The molecule has 0 radical (unpaired) electrons. The minimum Gasteiger partial charge on any atom is -0.480 e. The molecule has 0 aromatic heterocycles. The molecule has 152 valence electrons. The van der Waals surface area contributed by atoms with Crippen LogP contribution in [0.1, 0.15) is 57.9 Å². The molecule has 1 aliphatic carbocycles. The highest BCUT2D eigenvalue weighted by Crippen LogP contribution is 2.42. The number of carboxylic acid groups (broad SMARTS) is 1. The van der Waals surface area contributed by atoms with Gasteiger partial charge in [0.05, 0.1) is 0 Å². The summed E-state index contributed by atoms with van der Waals surface area (Å²) < 4.78 is 0. The summed E-state index contributed by atoms with van der Waals surface area (Å²) >= 11 is 0. The molecule has 0 unspecified atom stereocenters. The van der Waals surface area contributed by atoms with E-state index in [1.165, 1.54) is 5.56 Å². The number of rotatable bonds is 8. The first-order valence-corrected chi connectivity index (χ1v) is 10.5.